The Labute approximate surface area is 133 Å². The summed E-state index contributed by atoms with van der Waals surface area (Å²) in [7, 11) is 0. The number of hydrogen-bond acceptors (Lipinski definition) is 2. The summed E-state index contributed by atoms with van der Waals surface area (Å²) in [6, 6.07) is 13.2. The van der Waals surface area contributed by atoms with Crippen LogP contribution in [0.2, 0.25) is 10.0 Å². The van der Waals surface area contributed by atoms with Crippen LogP contribution in [-0.2, 0) is 6.42 Å². The first-order valence-electron chi connectivity index (χ1n) is 6.74. The molecule has 0 radical (unpaired) electrons. The minimum Gasteiger partial charge on any atom is -0.459 e. The van der Waals surface area contributed by atoms with Gasteiger partial charge < -0.3 is 10.2 Å². The lowest BCUT2D eigenvalue weighted by atomic mass is 10.0. The van der Waals surface area contributed by atoms with Crippen molar-refractivity contribution < 1.29 is 4.42 Å². The normalized spacial score (nSPS) is 12.8. The number of aryl methyl sites for hydroxylation is 1. The van der Waals surface area contributed by atoms with Gasteiger partial charge in [0.05, 0.1) is 6.04 Å². The molecular weight excluding hydrogens is 305 g/mol. The summed E-state index contributed by atoms with van der Waals surface area (Å²) < 4.78 is 5.90. The van der Waals surface area contributed by atoms with Crippen molar-refractivity contribution in [2.45, 2.75) is 19.4 Å². The molecule has 0 aliphatic heterocycles. The van der Waals surface area contributed by atoms with Crippen LogP contribution in [0, 0.1) is 6.92 Å². The zero-order valence-electron chi connectivity index (χ0n) is 11.6. The highest BCUT2D eigenvalue weighted by molar-refractivity contribution is 6.36. The van der Waals surface area contributed by atoms with Gasteiger partial charge in [-0.1, -0.05) is 47.5 Å². The summed E-state index contributed by atoms with van der Waals surface area (Å²) in [6.45, 7) is 2.02. The van der Waals surface area contributed by atoms with Gasteiger partial charge in [-0.3, -0.25) is 0 Å². The predicted octanol–water partition coefficient (Wildman–Crippen LogP) is 5.29. The second-order valence-electron chi connectivity index (χ2n) is 5.15. The summed E-state index contributed by atoms with van der Waals surface area (Å²) in [5, 5.41) is 2.32. The van der Waals surface area contributed by atoms with E-state index >= 15 is 0 Å². The fourth-order valence-corrected chi connectivity index (χ4v) is 3.01. The topological polar surface area (TPSA) is 39.2 Å². The monoisotopic (exact) mass is 319 g/mol. The Bertz CT molecular complexity index is 774. The fraction of sp³-hybridized carbons (Fsp3) is 0.176. The molecule has 1 atom stereocenters. The van der Waals surface area contributed by atoms with Gasteiger partial charge in [-0.15, -0.1) is 0 Å². The quantitative estimate of drug-likeness (QED) is 0.712. The molecule has 1 aromatic heterocycles. The van der Waals surface area contributed by atoms with Gasteiger partial charge in [0.15, 0.2) is 0 Å². The van der Waals surface area contributed by atoms with Crippen LogP contribution in [0.1, 0.15) is 22.9 Å². The van der Waals surface area contributed by atoms with Crippen LogP contribution in [0.5, 0.6) is 0 Å². The van der Waals surface area contributed by atoms with Crippen LogP contribution in [0.3, 0.4) is 0 Å². The lowest BCUT2D eigenvalue weighted by Crippen LogP contribution is -2.13. The lowest BCUT2D eigenvalue weighted by Gasteiger charge is -2.11. The Balaban J connectivity index is 1.94. The van der Waals surface area contributed by atoms with Crippen LogP contribution < -0.4 is 5.73 Å². The minimum absolute atomic E-state index is 0.283. The average molecular weight is 320 g/mol. The highest BCUT2D eigenvalue weighted by atomic mass is 35.5. The predicted molar refractivity (Wildman–Crippen MR) is 88.0 cm³/mol. The van der Waals surface area contributed by atoms with Gasteiger partial charge in [-0.2, -0.15) is 0 Å². The van der Waals surface area contributed by atoms with Crippen molar-refractivity contribution >= 4 is 34.2 Å². The Kier molecular flexibility index (Phi) is 3.94. The molecule has 21 heavy (non-hydrogen) atoms. The first-order valence-corrected chi connectivity index (χ1v) is 7.49. The number of nitrogens with two attached hydrogens (primary N) is 1. The molecule has 0 aliphatic rings. The highest BCUT2D eigenvalue weighted by Crippen LogP contribution is 2.31. The van der Waals surface area contributed by atoms with E-state index in [1.807, 2.05) is 49.4 Å². The van der Waals surface area contributed by atoms with Crippen LogP contribution in [-0.4, -0.2) is 0 Å². The maximum absolute atomic E-state index is 6.27. The van der Waals surface area contributed by atoms with E-state index in [-0.39, 0.29) is 6.04 Å². The SMILES string of the molecule is Cc1cccc2cc(C(N)Cc3c(Cl)cccc3Cl)oc12. The van der Waals surface area contributed by atoms with E-state index in [0.29, 0.717) is 16.5 Å². The number of para-hydroxylation sites is 1. The van der Waals surface area contributed by atoms with Gasteiger partial charge in [0.25, 0.3) is 0 Å². The van der Waals surface area contributed by atoms with Crippen molar-refractivity contribution in [1.29, 1.82) is 0 Å². The third-order valence-electron chi connectivity index (χ3n) is 3.61. The average Bonchev–Trinajstić information content (AvgIpc) is 2.88. The molecule has 0 spiro atoms. The van der Waals surface area contributed by atoms with Gasteiger partial charge in [0, 0.05) is 15.4 Å². The van der Waals surface area contributed by atoms with Crippen molar-refractivity contribution in [3.63, 3.8) is 0 Å². The lowest BCUT2D eigenvalue weighted by molar-refractivity contribution is 0.493. The van der Waals surface area contributed by atoms with Gasteiger partial charge in [-0.05, 0) is 42.7 Å². The smallest absolute Gasteiger partial charge is 0.137 e. The molecule has 0 saturated heterocycles. The summed E-state index contributed by atoms with van der Waals surface area (Å²) in [4.78, 5) is 0. The van der Waals surface area contributed by atoms with E-state index in [1.165, 1.54) is 0 Å². The largest absolute Gasteiger partial charge is 0.459 e. The van der Waals surface area contributed by atoms with Crippen molar-refractivity contribution in [1.82, 2.24) is 0 Å². The Morgan fingerprint density at radius 3 is 2.43 bits per heavy atom. The maximum atomic E-state index is 6.27. The molecule has 3 rings (SSSR count). The molecule has 1 unspecified atom stereocenters. The second-order valence-corrected chi connectivity index (χ2v) is 5.97. The number of halogens is 2. The van der Waals surface area contributed by atoms with E-state index in [9.17, 15) is 0 Å². The molecule has 2 nitrogen and oxygen atoms in total. The molecule has 0 amide bonds. The number of hydrogen-bond donors (Lipinski definition) is 1. The molecule has 1 heterocycles. The maximum Gasteiger partial charge on any atom is 0.137 e. The highest BCUT2D eigenvalue weighted by Gasteiger charge is 2.16. The zero-order valence-corrected chi connectivity index (χ0v) is 13.1. The summed E-state index contributed by atoms with van der Waals surface area (Å²) in [6.07, 6.45) is 0.539. The van der Waals surface area contributed by atoms with Crippen LogP contribution in [0.25, 0.3) is 11.0 Å². The third kappa shape index (κ3) is 2.80. The van der Waals surface area contributed by atoms with E-state index in [4.69, 9.17) is 33.4 Å². The van der Waals surface area contributed by atoms with Crippen LogP contribution in [0.15, 0.2) is 46.9 Å². The molecular formula is C17H15Cl2NO. The van der Waals surface area contributed by atoms with Gasteiger partial charge in [0.1, 0.15) is 11.3 Å². The molecule has 2 N–H and O–H groups in total. The van der Waals surface area contributed by atoms with Gasteiger partial charge in [0.2, 0.25) is 0 Å². The summed E-state index contributed by atoms with van der Waals surface area (Å²) in [5.74, 6) is 0.746. The summed E-state index contributed by atoms with van der Waals surface area (Å²) >= 11 is 12.4. The van der Waals surface area contributed by atoms with Crippen molar-refractivity contribution in [2.24, 2.45) is 5.73 Å². The number of rotatable bonds is 3. The molecule has 4 heteroatoms. The minimum atomic E-state index is -0.283. The van der Waals surface area contributed by atoms with Crippen LogP contribution in [0.4, 0.5) is 0 Å². The van der Waals surface area contributed by atoms with Gasteiger partial charge >= 0.3 is 0 Å². The number of furan rings is 1. The first-order chi connectivity index (χ1) is 10.1. The van der Waals surface area contributed by atoms with Crippen molar-refractivity contribution in [3.05, 3.63) is 69.4 Å². The van der Waals surface area contributed by atoms with E-state index in [1.54, 1.807) is 0 Å². The molecule has 0 bridgehead atoms. The Morgan fingerprint density at radius 2 is 1.76 bits per heavy atom. The van der Waals surface area contributed by atoms with Gasteiger partial charge in [-0.25, -0.2) is 0 Å². The molecule has 0 aliphatic carbocycles. The molecule has 3 aromatic rings. The zero-order chi connectivity index (χ0) is 15.0. The number of benzene rings is 2. The fourth-order valence-electron chi connectivity index (χ4n) is 2.46. The van der Waals surface area contributed by atoms with E-state index in [0.717, 1.165) is 27.9 Å². The van der Waals surface area contributed by atoms with Crippen LogP contribution >= 0.6 is 23.2 Å². The third-order valence-corrected chi connectivity index (χ3v) is 4.32. The number of fused-ring (bicyclic) bond motifs is 1. The molecule has 108 valence electrons. The van der Waals surface area contributed by atoms with Crippen molar-refractivity contribution in [3.8, 4) is 0 Å². The Hall–Kier alpha value is -1.48. The van der Waals surface area contributed by atoms with E-state index < -0.39 is 0 Å². The second kappa shape index (κ2) is 5.72. The molecule has 0 saturated carbocycles. The summed E-state index contributed by atoms with van der Waals surface area (Å²) in [5.41, 5.74) is 9.10. The molecule has 0 fully saturated rings. The first kappa shape index (κ1) is 14.5. The Morgan fingerprint density at radius 1 is 1.10 bits per heavy atom. The standard InChI is InChI=1S/C17H15Cl2NO/c1-10-4-2-5-11-8-16(21-17(10)11)15(20)9-12-13(18)6-3-7-14(12)19/h2-8,15H,9,20H2,1H3. The van der Waals surface area contributed by atoms with Crippen molar-refractivity contribution in [2.75, 3.05) is 0 Å². The van der Waals surface area contributed by atoms with E-state index in [2.05, 4.69) is 0 Å². The molecule has 2 aromatic carbocycles.